The van der Waals surface area contributed by atoms with E-state index in [0.717, 1.165) is 5.56 Å². The summed E-state index contributed by atoms with van der Waals surface area (Å²) in [6, 6.07) is 9.65. The fourth-order valence-electron chi connectivity index (χ4n) is 3.25. The Hall–Kier alpha value is -3.13. The minimum atomic E-state index is -1.30. The second-order valence-corrected chi connectivity index (χ2v) is 7.73. The summed E-state index contributed by atoms with van der Waals surface area (Å²) in [6.45, 7) is 0. The van der Waals surface area contributed by atoms with Gasteiger partial charge in [-0.15, -0.1) is 0 Å². The molecule has 0 saturated heterocycles. The third-order valence-electron chi connectivity index (χ3n) is 4.60. The molecule has 6 nitrogen and oxygen atoms in total. The van der Waals surface area contributed by atoms with E-state index in [1.165, 1.54) is 29.2 Å². The maximum Gasteiger partial charge on any atom is 0.258 e. The van der Waals surface area contributed by atoms with E-state index < -0.39 is 16.8 Å². The van der Waals surface area contributed by atoms with E-state index in [1.54, 1.807) is 50.8 Å². The Morgan fingerprint density at radius 2 is 1.97 bits per heavy atom. The van der Waals surface area contributed by atoms with Crippen LogP contribution in [0.5, 0.6) is 0 Å². The molecule has 0 aliphatic rings. The number of aromatic nitrogens is 1. The molecule has 2 unspecified atom stereocenters. The first-order valence-electron chi connectivity index (χ1n) is 8.82. The van der Waals surface area contributed by atoms with Crippen molar-refractivity contribution in [1.29, 1.82) is 5.41 Å². The zero-order valence-electron chi connectivity index (χ0n) is 16.3. The summed E-state index contributed by atoms with van der Waals surface area (Å²) in [4.78, 5) is 16.6. The van der Waals surface area contributed by atoms with Crippen molar-refractivity contribution in [2.75, 3.05) is 18.0 Å². The van der Waals surface area contributed by atoms with Gasteiger partial charge in [0.15, 0.2) is 0 Å². The highest BCUT2D eigenvalue weighted by Crippen LogP contribution is 2.32. The Kier molecular flexibility index (Phi) is 6.03. The Morgan fingerprint density at radius 3 is 2.62 bits per heavy atom. The van der Waals surface area contributed by atoms with Crippen molar-refractivity contribution in [1.82, 2.24) is 4.57 Å². The van der Waals surface area contributed by atoms with Gasteiger partial charge < -0.3 is 14.7 Å². The van der Waals surface area contributed by atoms with Crippen molar-refractivity contribution in [2.24, 2.45) is 12.0 Å². The monoisotopic (exact) mass is 412 g/mol. The lowest BCUT2D eigenvalue weighted by Gasteiger charge is -2.14. The Morgan fingerprint density at radius 1 is 1.21 bits per heavy atom. The second kappa shape index (κ2) is 8.48. The molecular weight excluding hydrogens is 391 g/mol. The van der Waals surface area contributed by atoms with Gasteiger partial charge in [-0.2, -0.15) is 0 Å². The summed E-state index contributed by atoms with van der Waals surface area (Å²) < 4.78 is 30.4. The van der Waals surface area contributed by atoms with Crippen LogP contribution in [-0.4, -0.2) is 34.5 Å². The predicted molar refractivity (Wildman–Crippen MR) is 118 cm³/mol. The summed E-state index contributed by atoms with van der Waals surface area (Å²) >= 11 is 0. The standard InChI is InChI=1S/C21H21FN4O2S/c1-24-11-14(10-23)13-4-6-16-17(8-13)19(12-26(2)21(16)27)18-9-15(25-29(3)28)5-7-20(18)22/h4-12,14,23,25H,1-3H3. The Labute approximate surface area is 170 Å². The average molecular weight is 412 g/mol. The molecule has 150 valence electrons. The largest absolute Gasteiger partial charge is 0.317 e. The number of fused-ring (bicyclic) bond motifs is 1. The van der Waals surface area contributed by atoms with Crippen LogP contribution in [0.15, 0.2) is 52.4 Å². The number of halogens is 1. The van der Waals surface area contributed by atoms with E-state index in [4.69, 9.17) is 5.41 Å². The van der Waals surface area contributed by atoms with Crippen LogP contribution in [0.3, 0.4) is 0 Å². The minimum Gasteiger partial charge on any atom is -0.317 e. The number of anilines is 1. The van der Waals surface area contributed by atoms with Crippen molar-refractivity contribution in [3.8, 4) is 11.1 Å². The average Bonchev–Trinajstić information content (AvgIpc) is 2.69. The first kappa shape index (κ1) is 20.6. The molecule has 0 saturated carbocycles. The topological polar surface area (TPSA) is 87.3 Å². The molecule has 0 radical (unpaired) electrons. The molecular formula is C21H21FN4O2S. The van der Waals surface area contributed by atoms with E-state index in [1.807, 2.05) is 0 Å². The smallest absolute Gasteiger partial charge is 0.258 e. The SMILES string of the molecule is CN=CC(C=N)c1ccc2c(=O)n(C)cc(-c3cc(NS(C)=O)ccc3F)c2c1. The minimum absolute atomic E-state index is 0.199. The number of nitrogens with zero attached hydrogens (tertiary/aromatic N) is 2. The molecule has 29 heavy (non-hydrogen) atoms. The predicted octanol–water partition coefficient (Wildman–Crippen LogP) is 3.48. The number of aryl methyl sites for hydroxylation is 1. The highest BCUT2D eigenvalue weighted by Gasteiger charge is 2.16. The lowest BCUT2D eigenvalue weighted by molar-refractivity contribution is 0.631. The van der Waals surface area contributed by atoms with Gasteiger partial charge in [-0.25, -0.2) is 8.60 Å². The number of benzene rings is 2. The molecule has 3 rings (SSSR count). The quantitative estimate of drug-likeness (QED) is 0.607. The molecule has 3 aromatic rings. The molecule has 2 N–H and O–H groups in total. The fourth-order valence-corrected chi connectivity index (χ4v) is 3.71. The first-order valence-corrected chi connectivity index (χ1v) is 10.4. The summed E-state index contributed by atoms with van der Waals surface area (Å²) in [7, 11) is 1.94. The van der Waals surface area contributed by atoms with Crippen molar-refractivity contribution >= 4 is 39.9 Å². The lowest BCUT2D eigenvalue weighted by Crippen LogP contribution is -2.17. The third kappa shape index (κ3) is 4.17. The lowest BCUT2D eigenvalue weighted by atomic mass is 9.94. The number of aliphatic imine (C=N–C) groups is 1. The molecule has 0 spiro atoms. The molecule has 0 aliphatic carbocycles. The Balaban J connectivity index is 2.32. The van der Waals surface area contributed by atoms with Crippen LogP contribution < -0.4 is 10.3 Å². The number of pyridine rings is 1. The van der Waals surface area contributed by atoms with Gasteiger partial charge in [0.25, 0.3) is 5.56 Å². The van der Waals surface area contributed by atoms with Crippen LogP contribution in [0, 0.1) is 11.2 Å². The van der Waals surface area contributed by atoms with Crippen molar-refractivity contribution in [3.05, 3.63) is 64.3 Å². The summed E-state index contributed by atoms with van der Waals surface area (Å²) in [6.07, 6.45) is 5.98. The van der Waals surface area contributed by atoms with Crippen molar-refractivity contribution in [3.63, 3.8) is 0 Å². The van der Waals surface area contributed by atoms with Gasteiger partial charge in [0.1, 0.15) is 16.8 Å². The molecule has 1 heterocycles. The zero-order chi connectivity index (χ0) is 21.1. The number of rotatable bonds is 6. The van der Waals surface area contributed by atoms with Crippen LogP contribution in [-0.2, 0) is 18.0 Å². The van der Waals surface area contributed by atoms with Crippen molar-refractivity contribution in [2.45, 2.75) is 5.92 Å². The highest BCUT2D eigenvalue weighted by molar-refractivity contribution is 7.85. The van der Waals surface area contributed by atoms with E-state index >= 15 is 0 Å². The molecule has 0 amide bonds. The van der Waals surface area contributed by atoms with E-state index in [0.29, 0.717) is 22.0 Å². The van der Waals surface area contributed by atoms with E-state index in [9.17, 15) is 13.4 Å². The van der Waals surface area contributed by atoms with Gasteiger partial charge in [0.2, 0.25) is 0 Å². The Bertz CT molecular complexity index is 1200. The van der Waals surface area contributed by atoms with Crippen LogP contribution >= 0.6 is 0 Å². The molecule has 8 heteroatoms. The number of hydrogen-bond donors (Lipinski definition) is 2. The van der Waals surface area contributed by atoms with E-state index in [-0.39, 0.29) is 17.0 Å². The van der Waals surface area contributed by atoms with Crippen LogP contribution in [0.4, 0.5) is 10.1 Å². The van der Waals surface area contributed by atoms with Gasteiger partial charge in [-0.05, 0) is 41.3 Å². The van der Waals surface area contributed by atoms with Crippen LogP contribution in [0.2, 0.25) is 0 Å². The molecule has 0 bridgehead atoms. The molecule has 2 aromatic carbocycles. The fraction of sp³-hybridized carbons (Fsp3) is 0.190. The zero-order valence-corrected chi connectivity index (χ0v) is 17.1. The van der Waals surface area contributed by atoms with Crippen molar-refractivity contribution < 1.29 is 8.60 Å². The highest BCUT2D eigenvalue weighted by atomic mass is 32.2. The van der Waals surface area contributed by atoms with Gasteiger partial charge in [0, 0.05) is 61.2 Å². The molecule has 2 atom stereocenters. The molecule has 0 aliphatic heterocycles. The maximum atomic E-state index is 14.8. The van der Waals surface area contributed by atoms with Gasteiger partial charge in [0.05, 0.1) is 5.92 Å². The number of nitrogens with one attached hydrogen (secondary N) is 2. The van der Waals surface area contributed by atoms with Gasteiger partial charge >= 0.3 is 0 Å². The van der Waals surface area contributed by atoms with Gasteiger partial charge in [-0.3, -0.25) is 9.79 Å². The molecule has 1 aromatic heterocycles. The maximum absolute atomic E-state index is 14.8. The van der Waals surface area contributed by atoms with Crippen LogP contribution in [0.1, 0.15) is 11.5 Å². The van der Waals surface area contributed by atoms with Crippen LogP contribution in [0.25, 0.3) is 21.9 Å². The third-order valence-corrected chi connectivity index (χ3v) is 5.12. The first-order chi connectivity index (χ1) is 13.8. The number of hydrogen-bond acceptors (Lipinski definition) is 4. The summed E-state index contributed by atoms with van der Waals surface area (Å²) in [5.41, 5.74) is 1.90. The van der Waals surface area contributed by atoms with Gasteiger partial charge in [-0.1, -0.05) is 6.07 Å². The summed E-state index contributed by atoms with van der Waals surface area (Å²) in [5.74, 6) is -0.803. The second-order valence-electron chi connectivity index (χ2n) is 6.61. The molecule has 0 fully saturated rings. The normalized spacial score (nSPS) is 13.5. The summed E-state index contributed by atoms with van der Waals surface area (Å²) in [5, 5.41) is 8.68. The van der Waals surface area contributed by atoms with E-state index in [2.05, 4.69) is 9.71 Å².